The van der Waals surface area contributed by atoms with E-state index < -0.39 is 0 Å². The van der Waals surface area contributed by atoms with Crippen LogP contribution in [0.4, 0.5) is 0 Å². The summed E-state index contributed by atoms with van der Waals surface area (Å²) in [5.74, 6) is 0. The first kappa shape index (κ1) is 7.64. The molecule has 0 aliphatic carbocycles. The Hall–Kier alpha value is -0.0000000000000000833. The van der Waals surface area contributed by atoms with Gasteiger partial charge in [-0.25, -0.2) is 9.97 Å². The molecule has 0 bridgehead atoms. The maximum atomic E-state index is 4.11. The van der Waals surface area contributed by atoms with Gasteiger partial charge in [-0.1, -0.05) is 0 Å². The maximum absolute atomic E-state index is 4.11. The molecule has 2 rings (SSSR count). The Morgan fingerprint density at radius 2 is 2.09 bits per heavy atom. The van der Waals surface area contributed by atoms with Crippen molar-refractivity contribution in [3.05, 3.63) is 20.8 Å². The molecule has 2 aromatic rings. The topological polar surface area (TPSA) is 25.8 Å². The van der Waals surface area contributed by atoms with Crippen LogP contribution in [0.25, 0.3) is 10.2 Å². The van der Waals surface area contributed by atoms with Gasteiger partial charge in [-0.2, -0.15) is 0 Å². The lowest BCUT2D eigenvalue weighted by Gasteiger charge is -1.88. The summed E-state index contributed by atoms with van der Waals surface area (Å²) < 4.78 is 1.93. The van der Waals surface area contributed by atoms with E-state index in [-0.39, 0.29) is 0 Å². The Bertz CT molecular complexity index is 398. The van der Waals surface area contributed by atoms with Gasteiger partial charge in [-0.05, 0) is 37.9 Å². The molecular weight excluding hydrogens is 292 g/mol. The standard InChI is InChI=1S/C6H2Br2N2S/c7-4-1-3-5(8)9-2-10-6(3)11-4/h1-2H. The van der Waals surface area contributed by atoms with Gasteiger partial charge in [-0.3, -0.25) is 0 Å². The molecule has 0 spiro atoms. The fraction of sp³-hybridized carbons (Fsp3) is 0. The summed E-state index contributed by atoms with van der Waals surface area (Å²) >= 11 is 8.34. The summed E-state index contributed by atoms with van der Waals surface area (Å²) in [7, 11) is 0. The fourth-order valence-corrected chi connectivity index (χ4v) is 2.74. The molecule has 0 fully saturated rings. The van der Waals surface area contributed by atoms with Crippen molar-refractivity contribution in [3.63, 3.8) is 0 Å². The molecule has 2 aromatic heterocycles. The lowest BCUT2D eigenvalue weighted by molar-refractivity contribution is 1.20. The molecular formula is C6H2Br2N2S. The van der Waals surface area contributed by atoms with Crippen LogP contribution < -0.4 is 0 Å². The fourth-order valence-electron chi connectivity index (χ4n) is 0.797. The number of rotatable bonds is 0. The van der Waals surface area contributed by atoms with E-state index in [0.717, 1.165) is 18.6 Å². The van der Waals surface area contributed by atoms with Crippen LogP contribution >= 0.6 is 43.2 Å². The van der Waals surface area contributed by atoms with E-state index in [0.29, 0.717) is 0 Å². The zero-order valence-electron chi connectivity index (χ0n) is 5.21. The zero-order valence-corrected chi connectivity index (χ0v) is 9.20. The number of nitrogens with zero attached hydrogens (tertiary/aromatic N) is 2. The average Bonchev–Trinajstić information content (AvgIpc) is 2.31. The molecule has 0 unspecified atom stereocenters. The highest BCUT2D eigenvalue weighted by Crippen LogP contribution is 2.31. The lowest BCUT2D eigenvalue weighted by atomic mass is 10.4. The van der Waals surface area contributed by atoms with Gasteiger partial charge in [-0.15, -0.1) is 11.3 Å². The molecule has 0 aromatic carbocycles. The van der Waals surface area contributed by atoms with Crippen LogP contribution in [0.3, 0.4) is 0 Å². The molecule has 0 aliphatic rings. The average molecular weight is 294 g/mol. The minimum atomic E-state index is 0.851. The second-order valence-electron chi connectivity index (χ2n) is 1.93. The molecule has 0 saturated carbocycles. The first-order valence-corrected chi connectivity index (χ1v) is 5.23. The monoisotopic (exact) mass is 292 g/mol. The van der Waals surface area contributed by atoms with E-state index in [9.17, 15) is 0 Å². The van der Waals surface area contributed by atoms with Crippen molar-refractivity contribution in [2.45, 2.75) is 0 Å². The Kier molecular flexibility index (Phi) is 1.95. The molecule has 0 aliphatic heterocycles. The van der Waals surface area contributed by atoms with Crippen molar-refractivity contribution in [3.8, 4) is 0 Å². The highest BCUT2D eigenvalue weighted by molar-refractivity contribution is 9.11. The van der Waals surface area contributed by atoms with Gasteiger partial charge in [0.15, 0.2) is 0 Å². The van der Waals surface area contributed by atoms with Gasteiger partial charge in [0.2, 0.25) is 0 Å². The van der Waals surface area contributed by atoms with Gasteiger partial charge in [0, 0.05) is 5.39 Å². The lowest BCUT2D eigenvalue weighted by Crippen LogP contribution is -1.76. The number of halogens is 2. The molecule has 2 nitrogen and oxygen atoms in total. The quantitative estimate of drug-likeness (QED) is 0.697. The molecule has 0 radical (unpaired) electrons. The third kappa shape index (κ3) is 1.32. The van der Waals surface area contributed by atoms with Crippen LogP contribution in [-0.4, -0.2) is 9.97 Å². The second kappa shape index (κ2) is 2.80. The van der Waals surface area contributed by atoms with Gasteiger partial charge < -0.3 is 0 Å². The van der Waals surface area contributed by atoms with Gasteiger partial charge in [0.05, 0.1) is 3.79 Å². The highest BCUT2D eigenvalue weighted by atomic mass is 79.9. The highest BCUT2D eigenvalue weighted by Gasteiger charge is 2.03. The molecule has 0 atom stereocenters. The van der Waals surface area contributed by atoms with Crippen molar-refractivity contribution in [2.75, 3.05) is 0 Å². The molecule has 0 saturated heterocycles. The van der Waals surface area contributed by atoms with Crippen LogP contribution in [0.2, 0.25) is 0 Å². The van der Waals surface area contributed by atoms with Crippen molar-refractivity contribution in [2.24, 2.45) is 0 Å². The smallest absolute Gasteiger partial charge is 0.128 e. The van der Waals surface area contributed by atoms with Gasteiger partial charge in [0.25, 0.3) is 0 Å². The van der Waals surface area contributed by atoms with E-state index in [4.69, 9.17) is 0 Å². The number of hydrogen-bond donors (Lipinski definition) is 0. The van der Waals surface area contributed by atoms with Crippen molar-refractivity contribution in [1.82, 2.24) is 9.97 Å². The van der Waals surface area contributed by atoms with Crippen molar-refractivity contribution < 1.29 is 0 Å². The Labute approximate surface area is 83.9 Å². The summed E-state index contributed by atoms with van der Waals surface area (Å²) in [5.41, 5.74) is 0. The van der Waals surface area contributed by atoms with Crippen LogP contribution in [0.5, 0.6) is 0 Å². The van der Waals surface area contributed by atoms with Crippen LogP contribution in [-0.2, 0) is 0 Å². The number of thiophene rings is 1. The van der Waals surface area contributed by atoms with E-state index in [1.165, 1.54) is 0 Å². The molecule has 0 amide bonds. The van der Waals surface area contributed by atoms with E-state index in [2.05, 4.69) is 41.8 Å². The Morgan fingerprint density at radius 1 is 1.27 bits per heavy atom. The summed E-state index contributed by atoms with van der Waals surface area (Å²) in [6.07, 6.45) is 1.55. The van der Waals surface area contributed by atoms with Gasteiger partial charge >= 0.3 is 0 Å². The summed E-state index contributed by atoms with van der Waals surface area (Å²) in [6.45, 7) is 0. The SMILES string of the molecule is Brc1cc2c(Br)ncnc2s1. The first-order chi connectivity index (χ1) is 5.27. The molecule has 2 heterocycles. The number of aromatic nitrogens is 2. The van der Waals surface area contributed by atoms with E-state index in [1.54, 1.807) is 17.7 Å². The van der Waals surface area contributed by atoms with Crippen LogP contribution in [0.15, 0.2) is 20.8 Å². The van der Waals surface area contributed by atoms with Crippen LogP contribution in [0.1, 0.15) is 0 Å². The predicted molar refractivity (Wildman–Crippen MR) is 52.8 cm³/mol. The third-order valence-corrected chi connectivity index (χ3v) is 3.43. The Balaban J connectivity index is 2.90. The summed E-state index contributed by atoms with van der Waals surface area (Å²) in [6, 6.07) is 2.00. The second-order valence-corrected chi connectivity index (χ2v) is 5.09. The number of hydrogen-bond acceptors (Lipinski definition) is 3. The maximum Gasteiger partial charge on any atom is 0.128 e. The largest absolute Gasteiger partial charge is 0.229 e. The minimum Gasteiger partial charge on any atom is -0.229 e. The Morgan fingerprint density at radius 3 is 2.82 bits per heavy atom. The summed E-state index contributed by atoms with van der Waals surface area (Å²) in [5, 5.41) is 1.06. The zero-order chi connectivity index (χ0) is 7.84. The van der Waals surface area contributed by atoms with Crippen molar-refractivity contribution in [1.29, 1.82) is 0 Å². The predicted octanol–water partition coefficient (Wildman–Crippen LogP) is 3.22. The normalized spacial score (nSPS) is 10.7. The first-order valence-electron chi connectivity index (χ1n) is 2.83. The van der Waals surface area contributed by atoms with E-state index in [1.807, 2.05) is 6.07 Å². The van der Waals surface area contributed by atoms with Crippen LogP contribution in [0, 0.1) is 0 Å². The van der Waals surface area contributed by atoms with Gasteiger partial charge in [0.1, 0.15) is 15.8 Å². The van der Waals surface area contributed by atoms with E-state index >= 15 is 0 Å². The third-order valence-electron chi connectivity index (χ3n) is 1.25. The number of fused-ring (bicyclic) bond motifs is 1. The molecule has 11 heavy (non-hydrogen) atoms. The molecule has 5 heteroatoms. The minimum absolute atomic E-state index is 0.851. The molecule has 0 N–H and O–H groups in total. The summed E-state index contributed by atoms with van der Waals surface area (Å²) in [4.78, 5) is 9.12. The molecule has 56 valence electrons. The van der Waals surface area contributed by atoms with Crippen molar-refractivity contribution >= 4 is 53.4 Å².